The molecule has 0 aliphatic carbocycles. The van der Waals surface area contributed by atoms with Crippen molar-refractivity contribution in [2.45, 2.75) is 32.5 Å². The van der Waals surface area contributed by atoms with Crippen molar-refractivity contribution in [2.24, 2.45) is 0 Å². The predicted octanol–water partition coefficient (Wildman–Crippen LogP) is 3.78. The fraction of sp³-hybridized carbons (Fsp3) is 0.400. The molecule has 7 heteroatoms. The third kappa shape index (κ3) is 6.06. The molecule has 1 aromatic carbocycles. The molecule has 1 unspecified atom stereocenters. The van der Waals surface area contributed by atoms with E-state index in [1.54, 1.807) is 0 Å². The summed E-state index contributed by atoms with van der Waals surface area (Å²) in [5, 5.41) is 2.82. The summed E-state index contributed by atoms with van der Waals surface area (Å²) in [6.07, 6.45) is -2.78. The summed E-state index contributed by atoms with van der Waals surface area (Å²) in [5.74, 6) is -0.429. The number of hydrogen-bond donors (Lipinski definition) is 1. The van der Waals surface area contributed by atoms with Gasteiger partial charge in [-0.1, -0.05) is 44.2 Å². The molecule has 0 aliphatic heterocycles. The van der Waals surface area contributed by atoms with Gasteiger partial charge in [-0.25, -0.2) is 0 Å². The third-order valence-corrected chi connectivity index (χ3v) is 4.46. The van der Waals surface area contributed by atoms with Crippen LogP contribution in [0.2, 0.25) is 0 Å². The summed E-state index contributed by atoms with van der Waals surface area (Å²) in [7, 11) is 0. The van der Waals surface area contributed by atoms with Crippen LogP contribution in [-0.2, 0) is 12.6 Å². The Bertz CT molecular complexity index is 714. The zero-order valence-corrected chi connectivity index (χ0v) is 15.5. The van der Waals surface area contributed by atoms with Crippen LogP contribution in [0.25, 0.3) is 0 Å². The van der Waals surface area contributed by atoms with E-state index in [-0.39, 0.29) is 11.6 Å². The number of carbonyl (C=O) groups excluding carboxylic acids is 1. The first-order chi connectivity index (χ1) is 12.8. The van der Waals surface area contributed by atoms with Crippen LogP contribution in [0.5, 0.6) is 0 Å². The van der Waals surface area contributed by atoms with Gasteiger partial charge in [0, 0.05) is 18.8 Å². The molecule has 1 aromatic heterocycles. The number of nitrogens with one attached hydrogen (secondary N) is 1. The van der Waals surface area contributed by atoms with Crippen molar-refractivity contribution in [2.75, 3.05) is 19.6 Å². The number of nitrogens with zero attached hydrogens (tertiary/aromatic N) is 2. The number of carbonyl (C=O) groups is 1. The first-order valence-electron chi connectivity index (χ1n) is 8.94. The average Bonchev–Trinajstić information content (AvgIpc) is 2.67. The number of pyridine rings is 1. The van der Waals surface area contributed by atoms with Crippen molar-refractivity contribution < 1.29 is 18.0 Å². The number of amides is 1. The molecule has 1 amide bonds. The Morgan fingerprint density at radius 1 is 1.11 bits per heavy atom. The minimum absolute atomic E-state index is 0.0914. The highest BCUT2D eigenvalue weighted by Gasteiger charge is 2.32. The number of halogens is 3. The van der Waals surface area contributed by atoms with E-state index in [1.807, 2.05) is 30.3 Å². The number of rotatable bonds is 8. The number of alkyl halides is 3. The van der Waals surface area contributed by atoms with Gasteiger partial charge in [-0.3, -0.25) is 14.7 Å². The van der Waals surface area contributed by atoms with E-state index in [9.17, 15) is 18.0 Å². The molecule has 0 aliphatic rings. The summed E-state index contributed by atoms with van der Waals surface area (Å²) < 4.78 is 37.7. The fourth-order valence-corrected chi connectivity index (χ4v) is 2.96. The van der Waals surface area contributed by atoms with E-state index in [0.717, 1.165) is 37.8 Å². The average molecular weight is 379 g/mol. The van der Waals surface area contributed by atoms with Gasteiger partial charge < -0.3 is 5.32 Å². The van der Waals surface area contributed by atoms with Crippen molar-refractivity contribution in [3.05, 3.63) is 65.5 Å². The lowest BCUT2D eigenvalue weighted by atomic mass is 10.0. The lowest BCUT2D eigenvalue weighted by molar-refractivity contribution is -0.141. The second-order valence-electron chi connectivity index (χ2n) is 6.20. The van der Waals surface area contributed by atoms with Crippen molar-refractivity contribution in [1.82, 2.24) is 15.2 Å². The summed E-state index contributed by atoms with van der Waals surface area (Å²) >= 11 is 0. The second kappa shape index (κ2) is 9.50. The summed E-state index contributed by atoms with van der Waals surface area (Å²) in [4.78, 5) is 17.9. The molecule has 1 atom stereocenters. The SMILES string of the molecule is CCN(CC)C(CNC(=O)c1ccc(C(F)(F)F)nc1)Cc1ccccc1. The van der Waals surface area contributed by atoms with Gasteiger partial charge in [0.05, 0.1) is 5.56 Å². The smallest absolute Gasteiger partial charge is 0.350 e. The Labute approximate surface area is 157 Å². The normalized spacial score (nSPS) is 12.8. The number of likely N-dealkylation sites (N-methyl/N-ethyl adjacent to an activating group) is 1. The van der Waals surface area contributed by atoms with Crippen LogP contribution < -0.4 is 5.32 Å². The van der Waals surface area contributed by atoms with E-state index in [1.165, 1.54) is 5.56 Å². The molecule has 0 spiro atoms. The molecule has 0 bridgehead atoms. The van der Waals surface area contributed by atoms with Gasteiger partial charge in [0.2, 0.25) is 0 Å². The van der Waals surface area contributed by atoms with Crippen molar-refractivity contribution in [3.63, 3.8) is 0 Å². The van der Waals surface area contributed by atoms with Gasteiger partial charge in [0.1, 0.15) is 5.69 Å². The molecule has 0 saturated carbocycles. The third-order valence-electron chi connectivity index (χ3n) is 4.46. The van der Waals surface area contributed by atoms with Gasteiger partial charge in [0.15, 0.2) is 0 Å². The molecule has 2 aromatic rings. The van der Waals surface area contributed by atoms with Crippen LogP contribution in [-0.4, -0.2) is 41.5 Å². The quantitative estimate of drug-likeness (QED) is 0.759. The lowest BCUT2D eigenvalue weighted by Gasteiger charge is -2.30. The first kappa shape index (κ1) is 20.9. The highest BCUT2D eigenvalue weighted by Crippen LogP contribution is 2.27. The van der Waals surface area contributed by atoms with Gasteiger partial charge >= 0.3 is 6.18 Å². The molecule has 1 heterocycles. The van der Waals surface area contributed by atoms with Crippen molar-refractivity contribution in [3.8, 4) is 0 Å². The number of hydrogen-bond acceptors (Lipinski definition) is 3. The molecular weight excluding hydrogens is 355 g/mol. The first-order valence-corrected chi connectivity index (χ1v) is 8.94. The molecule has 0 fully saturated rings. The van der Waals surface area contributed by atoms with Gasteiger partial charge in [-0.05, 0) is 37.2 Å². The minimum Gasteiger partial charge on any atom is -0.350 e. The molecule has 0 radical (unpaired) electrons. The van der Waals surface area contributed by atoms with Crippen LogP contribution in [0.4, 0.5) is 13.2 Å². The van der Waals surface area contributed by atoms with Crippen molar-refractivity contribution >= 4 is 5.91 Å². The zero-order chi connectivity index (χ0) is 19.9. The topological polar surface area (TPSA) is 45.2 Å². The molecular formula is C20H24F3N3O. The summed E-state index contributed by atoms with van der Waals surface area (Å²) in [6.45, 7) is 6.19. The Kier molecular flexibility index (Phi) is 7.36. The maximum atomic E-state index is 12.6. The van der Waals surface area contributed by atoms with E-state index in [4.69, 9.17) is 0 Å². The van der Waals surface area contributed by atoms with Crippen LogP contribution in [0.3, 0.4) is 0 Å². The fourth-order valence-electron chi connectivity index (χ4n) is 2.96. The highest BCUT2D eigenvalue weighted by molar-refractivity contribution is 5.93. The van der Waals surface area contributed by atoms with Gasteiger partial charge in [-0.15, -0.1) is 0 Å². The number of benzene rings is 1. The monoisotopic (exact) mass is 379 g/mol. The van der Waals surface area contributed by atoms with Crippen LogP contribution in [0.1, 0.15) is 35.5 Å². The van der Waals surface area contributed by atoms with E-state index in [2.05, 4.69) is 29.0 Å². The molecule has 146 valence electrons. The Balaban J connectivity index is 2.03. The largest absolute Gasteiger partial charge is 0.433 e. The Hall–Kier alpha value is -2.41. The maximum Gasteiger partial charge on any atom is 0.433 e. The van der Waals surface area contributed by atoms with Crippen molar-refractivity contribution in [1.29, 1.82) is 0 Å². The van der Waals surface area contributed by atoms with Gasteiger partial charge in [-0.2, -0.15) is 13.2 Å². The molecule has 4 nitrogen and oxygen atoms in total. The van der Waals surface area contributed by atoms with Crippen LogP contribution >= 0.6 is 0 Å². The Morgan fingerprint density at radius 3 is 2.30 bits per heavy atom. The maximum absolute atomic E-state index is 12.6. The second-order valence-corrected chi connectivity index (χ2v) is 6.20. The van der Waals surface area contributed by atoms with E-state index < -0.39 is 17.8 Å². The highest BCUT2D eigenvalue weighted by atomic mass is 19.4. The molecule has 27 heavy (non-hydrogen) atoms. The van der Waals surface area contributed by atoms with Crippen LogP contribution in [0.15, 0.2) is 48.7 Å². The minimum atomic E-state index is -4.52. The summed E-state index contributed by atoms with van der Waals surface area (Å²) in [5.41, 5.74) is 0.269. The standard InChI is InChI=1S/C20H24F3N3O/c1-3-26(4-2)17(12-15-8-6-5-7-9-15)14-25-19(27)16-10-11-18(24-13-16)20(21,22)23/h5-11,13,17H,3-4,12,14H2,1-2H3,(H,25,27). The lowest BCUT2D eigenvalue weighted by Crippen LogP contribution is -2.45. The van der Waals surface area contributed by atoms with E-state index in [0.29, 0.717) is 6.54 Å². The van der Waals surface area contributed by atoms with Gasteiger partial charge in [0.25, 0.3) is 5.91 Å². The predicted molar refractivity (Wildman–Crippen MR) is 98.4 cm³/mol. The number of aromatic nitrogens is 1. The summed E-state index contributed by atoms with van der Waals surface area (Å²) in [6, 6.07) is 12.0. The Morgan fingerprint density at radius 2 is 1.78 bits per heavy atom. The molecule has 1 N–H and O–H groups in total. The molecule has 2 rings (SSSR count). The zero-order valence-electron chi connectivity index (χ0n) is 15.5. The molecule has 0 saturated heterocycles. The van der Waals surface area contributed by atoms with Crippen LogP contribution in [0, 0.1) is 0 Å². The van der Waals surface area contributed by atoms with E-state index >= 15 is 0 Å².